The highest BCUT2D eigenvalue weighted by atomic mass is 79.9. The number of hydrogen-bond acceptors (Lipinski definition) is 4. The Hall–Kier alpha value is -0.660. The summed E-state index contributed by atoms with van der Waals surface area (Å²) >= 11 is 2.96. The molecule has 0 N–H and O–H groups in total. The molecule has 1 aromatic rings. The van der Waals surface area contributed by atoms with Crippen molar-refractivity contribution in [3.63, 3.8) is 0 Å². The van der Waals surface area contributed by atoms with E-state index in [9.17, 15) is 17.6 Å². The summed E-state index contributed by atoms with van der Waals surface area (Å²) in [6.07, 6.45) is 0.616. The van der Waals surface area contributed by atoms with Crippen LogP contribution in [0.2, 0.25) is 0 Å². The van der Waals surface area contributed by atoms with E-state index in [0.717, 1.165) is 12.1 Å². The maximum Gasteiger partial charge on any atom is 0.339 e. The number of benzene rings is 1. The first kappa shape index (κ1) is 15.4. The number of hydrogen-bond donors (Lipinski definition) is 0. The predicted molar refractivity (Wildman–Crippen MR) is 67.7 cm³/mol. The highest BCUT2D eigenvalue weighted by Gasteiger charge is 2.22. The van der Waals surface area contributed by atoms with E-state index in [1.54, 1.807) is 0 Å². The summed E-state index contributed by atoms with van der Waals surface area (Å²) in [5.41, 5.74) is -0.0934. The molecule has 0 saturated heterocycles. The van der Waals surface area contributed by atoms with Gasteiger partial charge in [-0.05, 0) is 34.5 Å². The standard InChI is InChI=1S/C10H9BrClFO4S/c1-2-3-17-10(14)6-4-9(18(12,15)16)8(13)5-7(6)11/h4-5H,2-3H2,1H3. The minimum atomic E-state index is -4.26. The lowest BCUT2D eigenvalue weighted by molar-refractivity contribution is 0.0503. The summed E-state index contributed by atoms with van der Waals surface area (Å²) in [4.78, 5) is 10.8. The Morgan fingerprint density at radius 1 is 1.50 bits per heavy atom. The van der Waals surface area contributed by atoms with Crippen LogP contribution in [-0.4, -0.2) is 21.0 Å². The second-order valence-corrected chi connectivity index (χ2v) is 6.72. The zero-order valence-electron chi connectivity index (χ0n) is 9.24. The van der Waals surface area contributed by atoms with Crippen LogP contribution < -0.4 is 0 Å². The smallest absolute Gasteiger partial charge is 0.339 e. The van der Waals surface area contributed by atoms with Crippen LogP contribution in [0.3, 0.4) is 0 Å². The fourth-order valence-electron chi connectivity index (χ4n) is 1.14. The van der Waals surface area contributed by atoms with Crippen LogP contribution in [0, 0.1) is 5.82 Å². The predicted octanol–water partition coefficient (Wildman–Crippen LogP) is 3.08. The van der Waals surface area contributed by atoms with Crippen LogP contribution in [0.25, 0.3) is 0 Å². The molecule has 0 amide bonds. The van der Waals surface area contributed by atoms with Crippen molar-refractivity contribution in [3.05, 3.63) is 28.0 Å². The van der Waals surface area contributed by atoms with Crippen LogP contribution in [0.15, 0.2) is 21.5 Å². The summed E-state index contributed by atoms with van der Waals surface area (Å²) in [5, 5.41) is 0. The molecule has 0 bridgehead atoms. The lowest BCUT2D eigenvalue weighted by atomic mass is 10.2. The summed E-state index contributed by atoms with van der Waals surface area (Å²) < 4.78 is 40.6. The van der Waals surface area contributed by atoms with Crippen molar-refractivity contribution in [2.45, 2.75) is 18.2 Å². The van der Waals surface area contributed by atoms with Crippen LogP contribution in [0.1, 0.15) is 23.7 Å². The van der Waals surface area contributed by atoms with E-state index in [0.29, 0.717) is 6.42 Å². The quantitative estimate of drug-likeness (QED) is 0.612. The fraction of sp³-hybridized carbons (Fsp3) is 0.300. The molecule has 0 heterocycles. The summed E-state index contributed by atoms with van der Waals surface area (Å²) in [7, 11) is 0.804. The Balaban J connectivity index is 3.26. The molecule has 0 aromatic heterocycles. The number of carbonyl (C=O) groups is 1. The Bertz CT molecular complexity index is 573. The molecule has 0 saturated carbocycles. The van der Waals surface area contributed by atoms with Gasteiger partial charge in [-0.25, -0.2) is 17.6 Å². The first-order valence-electron chi connectivity index (χ1n) is 4.88. The van der Waals surface area contributed by atoms with Crippen LogP contribution >= 0.6 is 26.6 Å². The van der Waals surface area contributed by atoms with Gasteiger partial charge in [-0.1, -0.05) is 6.92 Å². The van der Waals surface area contributed by atoms with Crippen molar-refractivity contribution < 1.29 is 22.3 Å². The van der Waals surface area contributed by atoms with E-state index in [4.69, 9.17) is 15.4 Å². The zero-order valence-corrected chi connectivity index (χ0v) is 12.4. The molecule has 1 rings (SSSR count). The first-order chi connectivity index (χ1) is 8.27. The Kier molecular flexibility index (Phi) is 5.12. The van der Waals surface area contributed by atoms with Gasteiger partial charge in [-0.2, -0.15) is 0 Å². The molecule has 0 aliphatic rings. The molecular formula is C10H9BrClFO4S. The van der Waals surface area contributed by atoms with E-state index in [-0.39, 0.29) is 16.6 Å². The van der Waals surface area contributed by atoms with E-state index >= 15 is 0 Å². The molecule has 0 atom stereocenters. The molecule has 0 unspecified atom stereocenters. The molecule has 100 valence electrons. The number of carbonyl (C=O) groups excluding carboxylic acids is 1. The normalized spacial score (nSPS) is 11.3. The average molecular weight is 360 g/mol. The summed E-state index contributed by atoms with van der Waals surface area (Å²) in [6.45, 7) is 1.99. The van der Waals surface area contributed by atoms with Crippen molar-refractivity contribution in [3.8, 4) is 0 Å². The number of esters is 1. The molecule has 4 nitrogen and oxygen atoms in total. The van der Waals surface area contributed by atoms with Gasteiger partial charge in [0.25, 0.3) is 9.05 Å². The second kappa shape index (κ2) is 5.99. The topological polar surface area (TPSA) is 60.4 Å². The maximum atomic E-state index is 13.4. The maximum absolute atomic E-state index is 13.4. The lowest BCUT2D eigenvalue weighted by Gasteiger charge is -2.07. The van der Waals surface area contributed by atoms with Gasteiger partial charge < -0.3 is 4.74 Å². The minimum Gasteiger partial charge on any atom is -0.462 e. The first-order valence-corrected chi connectivity index (χ1v) is 7.98. The van der Waals surface area contributed by atoms with Crippen molar-refractivity contribution in [2.24, 2.45) is 0 Å². The van der Waals surface area contributed by atoms with E-state index in [1.807, 2.05) is 6.92 Å². The second-order valence-electron chi connectivity index (χ2n) is 3.34. The van der Waals surface area contributed by atoms with Gasteiger partial charge in [0.15, 0.2) is 0 Å². The van der Waals surface area contributed by atoms with Gasteiger partial charge in [0.2, 0.25) is 0 Å². The SMILES string of the molecule is CCCOC(=O)c1cc(S(=O)(=O)Cl)c(F)cc1Br. The van der Waals surface area contributed by atoms with Crippen LogP contribution in [0.4, 0.5) is 4.39 Å². The van der Waals surface area contributed by atoms with Crippen molar-refractivity contribution in [2.75, 3.05) is 6.61 Å². The molecule has 0 aliphatic carbocycles. The number of ether oxygens (including phenoxy) is 1. The van der Waals surface area contributed by atoms with Gasteiger partial charge in [-0.15, -0.1) is 0 Å². The van der Waals surface area contributed by atoms with Gasteiger partial charge in [0, 0.05) is 15.2 Å². The van der Waals surface area contributed by atoms with E-state index < -0.39 is 25.7 Å². The molecule has 8 heteroatoms. The van der Waals surface area contributed by atoms with Crippen molar-refractivity contribution >= 4 is 41.6 Å². The van der Waals surface area contributed by atoms with Crippen LogP contribution in [-0.2, 0) is 13.8 Å². The summed E-state index contributed by atoms with van der Waals surface area (Å²) in [6, 6.07) is 1.71. The minimum absolute atomic E-state index is 0.0934. The number of halogens is 3. The Morgan fingerprint density at radius 3 is 2.61 bits per heavy atom. The molecule has 0 spiro atoms. The third kappa shape index (κ3) is 3.66. The highest BCUT2D eigenvalue weighted by molar-refractivity contribution is 9.10. The van der Waals surface area contributed by atoms with Gasteiger partial charge in [0.05, 0.1) is 12.2 Å². The molecule has 0 fully saturated rings. The largest absolute Gasteiger partial charge is 0.462 e. The average Bonchev–Trinajstić information content (AvgIpc) is 2.24. The zero-order chi connectivity index (χ0) is 13.9. The molecule has 18 heavy (non-hydrogen) atoms. The van der Waals surface area contributed by atoms with Crippen LogP contribution in [0.5, 0.6) is 0 Å². The van der Waals surface area contributed by atoms with E-state index in [2.05, 4.69) is 15.9 Å². The lowest BCUT2D eigenvalue weighted by Crippen LogP contribution is -2.09. The fourth-order valence-corrected chi connectivity index (χ4v) is 2.53. The Labute approximate surface area is 117 Å². The molecular weight excluding hydrogens is 351 g/mol. The molecule has 0 radical (unpaired) electrons. The van der Waals surface area contributed by atoms with Crippen molar-refractivity contribution in [1.29, 1.82) is 0 Å². The van der Waals surface area contributed by atoms with Crippen molar-refractivity contribution in [1.82, 2.24) is 0 Å². The Morgan fingerprint density at radius 2 is 2.11 bits per heavy atom. The monoisotopic (exact) mass is 358 g/mol. The van der Waals surface area contributed by atoms with Gasteiger partial charge in [0.1, 0.15) is 10.7 Å². The van der Waals surface area contributed by atoms with Gasteiger partial charge >= 0.3 is 5.97 Å². The van der Waals surface area contributed by atoms with Gasteiger partial charge in [-0.3, -0.25) is 0 Å². The van der Waals surface area contributed by atoms with E-state index in [1.165, 1.54) is 0 Å². The number of rotatable bonds is 4. The third-order valence-electron chi connectivity index (χ3n) is 1.94. The summed E-state index contributed by atoms with van der Waals surface area (Å²) in [5.74, 6) is -1.78. The highest BCUT2D eigenvalue weighted by Crippen LogP contribution is 2.27. The third-order valence-corrected chi connectivity index (χ3v) is 3.93. The molecule has 0 aliphatic heterocycles. The molecule has 1 aromatic carbocycles.